The van der Waals surface area contributed by atoms with Crippen molar-refractivity contribution in [2.45, 2.75) is 150 Å². The third kappa shape index (κ3) is 14.4. The number of fused-ring (bicyclic) bond motifs is 1. The Bertz CT molecular complexity index is 2220. The normalized spacial score (nSPS) is 23.8. The molecule has 0 aliphatic carbocycles. The number of likely N-dealkylation sites (N-methyl/N-ethyl adjacent to an activating group) is 3. The van der Waals surface area contributed by atoms with Gasteiger partial charge < -0.3 is 40.0 Å². The van der Waals surface area contributed by atoms with Crippen LogP contribution in [0.2, 0.25) is 0 Å². The highest BCUT2D eigenvalue weighted by Gasteiger charge is 2.40. The Labute approximate surface area is 395 Å². The maximum absolute atomic E-state index is 15.0. The summed E-state index contributed by atoms with van der Waals surface area (Å²) >= 11 is 0. The number of nitrogens with one attached hydrogen (secondary N) is 3. The monoisotopic (exact) mass is 932 g/mol. The van der Waals surface area contributed by atoms with E-state index in [1.807, 2.05) is 90.4 Å². The molecule has 1 fully saturated rings. The SMILES string of the molecule is CC(C)CC1C(=O)N[C@@H](CC(C)C)C(=O)N(C)[C@@H](Cc2cn(Cc3ccc(F)cc3)c3ccccc23)C(=O)N[C@@H](CC(C)C)C(=O)N(C)[C@@H](C)C(=O)O[C@H](C)C(=O)N[C@@H](CC(C)C)C(=O)N1C. The number of ether oxygens (including phenoxy) is 1. The molecular weight excluding hydrogens is 858 g/mol. The number of hydrogen-bond acceptors (Lipinski definition) is 8. The van der Waals surface area contributed by atoms with Crippen LogP contribution in [0, 0.1) is 29.5 Å². The highest BCUT2D eigenvalue weighted by Crippen LogP contribution is 2.26. The maximum atomic E-state index is 15.0. The van der Waals surface area contributed by atoms with Crippen LogP contribution in [0.3, 0.4) is 0 Å². The number of esters is 1. The molecule has 3 aromatic rings. The van der Waals surface area contributed by atoms with E-state index < -0.39 is 83.8 Å². The molecule has 3 N–H and O–H groups in total. The minimum absolute atomic E-state index is 0.00211. The van der Waals surface area contributed by atoms with Crippen molar-refractivity contribution in [1.82, 2.24) is 35.2 Å². The Morgan fingerprint density at radius 2 is 1.03 bits per heavy atom. The van der Waals surface area contributed by atoms with Gasteiger partial charge in [-0.1, -0.05) is 85.7 Å². The first-order chi connectivity index (χ1) is 31.4. The maximum Gasteiger partial charge on any atom is 0.329 e. The molecule has 0 radical (unpaired) electrons. The predicted molar refractivity (Wildman–Crippen MR) is 256 cm³/mol. The van der Waals surface area contributed by atoms with Gasteiger partial charge in [-0.05, 0) is 92.5 Å². The van der Waals surface area contributed by atoms with Crippen molar-refractivity contribution in [1.29, 1.82) is 0 Å². The third-order valence-corrected chi connectivity index (χ3v) is 12.4. The summed E-state index contributed by atoms with van der Waals surface area (Å²) in [4.78, 5) is 104. The molecular formula is C51H74FN7O8. The van der Waals surface area contributed by atoms with E-state index in [-0.39, 0.29) is 61.6 Å². The van der Waals surface area contributed by atoms with Gasteiger partial charge in [0.1, 0.15) is 42.1 Å². The van der Waals surface area contributed by atoms with Crippen molar-refractivity contribution < 1.29 is 42.7 Å². The van der Waals surface area contributed by atoms with Crippen LogP contribution in [0.4, 0.5) is 4.39 Å². The van der Waals surface area contributed by atoms with E-state index in [0.29, 0.717) is 6.54 Å². The molecule has 7 atom stereocenters. The number of carbonyl (C=O) groups is 7. The molecule has 2 aromatic carbocycles. The van der Waals surface area contributed by atoms with Gasteiger partial charge in [0.25, 0.3) is 5.91 Å². The van der Waals surface area contributed by atoms with Crippen molar-refractivity contribution >= 4 is 52.3 Å². The molecule has 368 valence electrons. The lowest BCUT2D eigenvalue weighted by Crippen LogP contribution is -2.60. The smallest absolute Gasteiger partial charge is 0.329 e. The molecule has 1 saturated heterocycles. The molecule has 6 amide bonds. The number of hydrogen-bond donors (Lipinski definition) is 3. The molecule has 15 nitrogen and oxygen atoms in total. The summed E-state index contributed by atoms with van der Waals surface area (Å²) in [5.41, 5.74) is 2.41. The van der Waals surface area contributed by atoms with Gasteiger partial charge in [-0.2, -0.15) is 0 Å². The zero-order chi connectivity index (χ0) is 50.0. The molecule has 0 bridgehead atoms. The predicted octanol–water partition coefficient (Wildman–Crippen LogP) is 5.46. The summed E-state index contributed by atoms with van der Waals surface area (Å²) < 4.78 is 21.5. The van der Waals surface area contributed by atoms with Crippen molar-refractivity contribution in [3.63, 3.8) is 0 Å². The molecule has 4 rings (SSSR count). The second-order valence-corrected chi connectivity index (χ2v) is 20.0. The number of para-hydroxylation sites is 1. The first-order valence-corrected chi connectivity index (χ1v) is 23.6. The van der Waals surface area contributed by atoms with Crippen LogP contribution in [0.25, 0.3) is 10.9 Å². The van der Waals surface area contributed by atoms with Crippen molar-refractivity contribution in [3.8, 4) is 0 Å². The van der Waals surface area contributed by atoms with Crippen LogP contribution in [0.1, 0.15) is 106 Å². The van der Waals surface area contributed by atoms with Gasteiger partial charge in [0, 0.05) is 51.2 Å². The number of aromatic nitrogens is 1. The van der Waals surface area contributed by atoms with Gasteiger partial charge in [-0.3, -0.25) is 28.8 Å². The van der Waals surface area contributed by atoms with E-state index in [2.05, 4.69) is 16.0 Å². The average molecular weight is 932 g/mol. The summed E-state index contributed by atoms with van der Waals surface area (Å²) in [6, 6.07) is 6.98. The Morgan fingerprint density at radius 3 is 1.54 bits per heavy atom. The van der Waals surface area contributed by atoms with Gasteiger partial charge in [0.05, 0.1) is 0 Å². The first kappa shape index (κ1) is 53.8. The van der Waals surface area contributed by atoms with E-state index in [0.717, 1.165) is 22.0 Å². The topological polar surface area (TPSA) is 179 Å². The number of rotatable bonds is 12. The number of cyclic esters (lactones) is 1. The average Bonchev–Trinajstić information content (AvgIpc) is 3.60. The molecule has 1 unspecified atom stereocenters. The molecule has 0 spiro atoms. The fraction of sp³-hybridized carbons (Fsp3) is 0.588. The van der Waals surface area contributed by atoms with Gasteiger partial charge in [-0.25, -0.2) is 9.18 Å². The number of halogens is 1. The lowest BCUT2D eigenvalue weighted by Gasteiger charge is -2.35. The Kier molecular flexibility index (Phi) is 19.1. The quantitative estimate of drug-likeness (QED) is 0.201. The lowest BCUT2D eigenvalue weighted by atomic mass is 9.96. The van der Waals surface area contributed by atoms with Crippen LogP contribution in [-0.4, -0.2) is 124 Å². The van der Waals surface area contributed by atoms with Crippen molar-refractivity contribution in [2.75, 3.05) is 21.1 Å². The number of amides is 6. The Morgan fingerprint density at radius 1 is 0.582 bits per heavy atom. The number of nitrogens with zero attached hydrogens (tertiary/aromatic N) is 4. The van der Waals surface area contributed by atoms with E-state index >= 15 is 4.79 Å². The highest BCUT2D eigenvalue weighted by atomic mass is 19.1. The van der Waals surface area contributed by atoms with Gasteiger partial charge >= 0.3 is 5.97 Å². The van der Waals surface area contributed by atoms with Crippen LogP contribution in [0.5, 0.6) is 0 Å². The van der Waals surface area contributed by atoms with Crippen molar-refractivity contribution in [2.24, 2.45) is 23.7 Å². The molecule has 0 saturated carbocycles. The molecule has 1 aliphatic heterocycles. The summed E-state index contributed by atoms with van der Waals surface area (Å²) in [7, 11) is 4.41. The highest BCUT2D eigenvalue weighted by molar-refractivity contribution is 5.98. The molecule has 1 aliphatic rings. The molecule has 16 heteroatoms. The molecule has 2 heterocycles. The van der Waals surface area contributed by atoms with Crippen LogP contribution in [-0.2, 0) is 51.3 Å². The Balaban J connectivity index is 1.89. The van der Waals surface area contributed by atoms with E-state index in [4.69, 9.17) is 4.74 Å². The van der Waals surface area contributed by atoms with Gasteiger partial charge in [0.15, 0.2) is 6.10 Å². The van der Waals surface area contributed by atoms with E-state index in [1.165, 1.54) is 61.8 Å². The zero-order valence-corrected chi connectivity index (χ0v) is 41.7. The number of benzene rings is 2. The molecule has 1 aromatic heterocycles. The van der Waals surface area contributed by atoms with Crippen molar-refractivity contribution in [3.05, 3.63) is 71.7 Å². The number of carbonyl (C=O) groups excluding carboxylic acids is 7. The van der Waals surface area contributed by atoms with E-state index in [9.17, 15) is 33.2 Å². The Hall–Kier alpha value is -5.80. The molecule has 67 heavy (non-hydrogen) atoms. The second kappa shape index (κ2) is 23.8. The first-order valence-electron chi connectivity index (χ1n) is 23.6. The summed E-state index contributed by atoms with van der Waals surface area (Å²) in [5.74, 6) is -5.22. The summed E-state index contributed by atoms with van der Waals surface area (Å²) in [5, 5.41) is 9.47. The standard InChI is InChI=1S/C51H74FN7O8/c1-29(2)22-39-48(63)56(11)33(9)51(66)67-34(10)45(60)53-40(23-30(3)4)49(64)57(12)43(25-32(7)8)46(61)55-41(24-31(5)6)50(65)58(13)44(47(62)54-39)26-36-28-59(42-17-15-14-16-38(36)42)27-35-18-20-37(52)21-19-35/h14-21,28-34,39-41,43-44H,22-27H2,1-13H3,(H,53,60)(H,54,62)(H,55,61)/t33-,34+,39-,40-,41-,43?,44-/m0/s1. The van der Waals surface area contributed by atoms with Crippen LogP contribution >= 0.6 is 0 Å². The fourth-order valence-electron chi connectivity index (χ4n) is 8.53. The van der Waals surface area contributed by atoms with Crippen LogP contribution in [0.15, 0.2) is 54.7 Å². The second-order valence-electron chi connectivity index (χ2n) is 20.0. The largest absolute Gasteiger partial charge is 0.451 e. The summed E-state index contributed by atoms with van der Waals surface area (Å²) in [6.45, 7) is 18.4. The van der Waals surface area contributed by atoms with E-state index in [1.54, 1.807) is 12.1 Å². The lowest BCUT2D eigenvalue weighted by molar-refractivity contribution is -0.162. The fourth-order valence-corrected chi connectivity index (χ4v) is 8.53. The third-order valence-electron chi connectivity index (χ3n) is 12.4. The van der Waals surface area contributed by atoms with Gasteiger partial charge in [0.2, 0.25) is 29.5 Å². The van der Waals surface area contributed by atoms with Gasteiger partial charge in [-0.15, -0.1) is 0 Å². The minimum atomic E-state index is -1.36. The summed E-state index contributed by atoms with van der Waals surface area (Å²) in [6.07, 6.45) is 1.36. The zero-order valence-electron chi connectivity index (χ0n) is 41.7. The minimum Gasteiger partial charge on any atom is -0.451 e. The van der Waals surface area contributed by atoms with Crippen LogP contribution < -0.4 is 16.0 Å².